The topological polar surface area (TPSA) is 98.3 Å². The normalized spacial score (nSPS) is 20.8. The van der Waals surface area contributed by atoms with Gasteiger partial charge in [-0.3, -0.25) is 19.4 Å². The average molecular weight is 725 g/mol. The number of nitrogens with one attached hydrogen (secondary N) is 2. The molecular formula is C37H44F4N8O3. The number of hydroxylamine groups is 1. The summed E-state index contributed by atoms with van der Waals surface area (Å²) in [5.74, 6) is -0.661. The molecule has 1 aromatic heterocycles. The van der Waals surface area contributed by atoms with Crippen molar-refractivity contribution < 1.29 is 31.9 Å². The van der Waals surface area contributed by atoms with Crippen LogP contribution in [0.3, 0.4) is 0 Å². The Morgan fingerprint density at radius 2 is 1.69 bits per heavy atom. The molecule has 278 valence electrons. The van der Waals surface area contributed by atoms with Crippen LogP contribution < -0.4 is 25.3 Å². The van der Waals surface area contributed by atoms with E-state index in [4.69, 9.17) is 9.57 Å². The maximum Gasteiger partial charge on any atom is 0.419 e. The van der Waals surface area contributed by atoms with E-state index in [9.17, 15) is 18.0 Å². The first-order valence-electron chi connectivity index (χ1n) is 17.9. The summed E-state index contributed by atoms with van der Waals surface area (Å²) in [6, 6.07) is 8.91. The first-order chi connectivity index (χ1) is 25.1. The second-order valence-corrected chi connectivity index (χ2v) is 13.7. The van der Waals surface area contributed by atoms with Crippen LogP contribution in [-0.2, 0) is 15.8 Å². The Labute approximate surface area is 300 Å². The van der Waals surface area contributed by atoms with Crippen LogP contribution in [0.25, 0.3) is 0 Å². The summed E-state index contributed by atoms with van der Waals surface area (Å²) >= 11 is 0. The molecule has 4 aliphatic rings. The van der Waals surface area contributed by atoms with Gasteiger partial charge in [-0.05, 0) is 63.4 Å². The number of amides is 1. The van der Waals surface area contributed by atoms with Crippen molar-refractivity contribution in [2.24, 2.45) is 0 Å². The van der Waals surface area contributed by atoms with Crippen molar-refractivity contribution >= 4 is 34.6 Å². The molecule has 0 unspecified atom stereocenters. The Balaban J connectivity index is 1.09. The number of methoxy groups -OCH3 is 1. The molecule has 2 N–H and O–H groups in total. The number of aromatic nitrogens is 2. The van der Waals surface area contributed by atoms with Crippen LogP contribution >= 0.6 is 0 Å². The Kier molecular flexibility index (Phi) is 10.5. The fraction of sp³-hybridized carbons (Fsp3) is 0.486. The second kappa shape index (κ2) is 15.2. The Hall–Kier alpha value is -4.47. The number of piperidine rings is 1. The Morgan fingerprint density at radius 3 is 2.37 bits per heavy atom. The van der Waals surface area contributed by atoms with Gasteiger partial charge in [-0.25, -0.2) is 19.4 Å². The number of rotatable bonds is 10. The van der Waals surface area contributed by atoms with Gasteiger partial charge in [-0.15, -0.1) is 0 Å². The monoisotopic (exact) mass is 724 g/mol. The Bertz CT molecular complexity index is 1770. The van der Waals surface area contributed by atoms with Crippen LogP contribution in [-0.4, -0.2) is 90.7 Å². The van der Waals surface area contributed by atoms with Crippen LogP contribution in [0.4, 0.5) is 46.3 Å². The van der Waals surface area contributed by atoms with Crippen molar-refractivity contribution in [2.75, 3.05) is 73.6 Å². The van der Waals surface area contributed by atoms with Crippen molar-refractivity contribution in [3.63, 3.8) is 0 Å². The predicted octanol–water partition coefficient (Wildman–Crippen LogP) is 6.53. The van der Waals surface area contributed by atoms with Gasteiger partial charge in [0.1, 0.15) is 23.7 Å². The van der Waals surface area contributed by atoms with Gasteiger partial charge in [0.2, 0.25) is 5.91 Å². The zero-order chi connectivity index (χ0) is 36.4. The fourth-order valence-corrected chi connectivity index (χ4v) is 7.66. The molecule has 3 aromatic rings. The molecule has 1 aliphatic carbocycles. The quantitative estimate of drug-likeness (QED) is 0.178. The maximum atomic E-state index is 15.1. The SMILES string of the molecule is C=CC(=O)Nc1cc(Nc2cc(N3OCC[C@@H]3c3cccc(C(F)(F)F)c3F)ncn2)c(OC)cc1N1CCC(N2CCCN(C3CC3)CC2)CC1. The summed E-state index contributed by atoms with van der Waals surface area (Å²) < 4.78 is 61.4. The van der Waals surface area contributed by atoms with Gasteiger partial charge in [-0.1, -0.05) is 18.7 Å². The van der Waals surface area contributed by atoms with E-state index < -0.39 is 23.6 Å². The molecule has 0 radical (unpaired) electrons. The van der Waals surface area contributed by atoms with Gasteiger partial charge in [0.25, 0.3) is 0 Å². The molecule has 3 saturated heterocycles. The third-order valence-corrected chi connectivity index (χ3v) is 10.4. The molecule has 0 spiro atoms. The molecule has 15 heteroatoms. The number of ether oxygens (including phenoxy) is 1. The predicted molar refractivity (Wildman–Crippen MR) is 190 cm³/mol. The lowest BCUT2D eigenvalue weighted by atomic mass is 10.0. The zero-order valence-corrected chi connectivity index (χ0v) is 29.2. The minimum absolute atomic E-state index is 0.143. The van der Waals surface area contributed by atoms with E-state index >= 15 is 4.39 Å². The van der Waals surface area contributed by atoms with E-state index in [0.717, 1.165) is 63.4 Å². The van der Waals surface area contributed by atoms with E-state index in [1.54, 1.807) is 19.2 Å². The molecule has 11 nitrogen and oxygen atoms in total. The lowest BCUT2D eigenvalue weighted by Crippen LogP contribution is -2.46. The fourth-order valence-electron chi connectivity index (χ4n) is 7.66. The van der Waals surface area contributed by atoms with Gasteiger partial charge in [0, 0.05) is 62.4 Å². The summed E-state index contributed by atoms with van der Waals surface area (Å²) in [5.41, 5.74) is 0.415. The minimum atomic E-state index is -4.84. The van der Waals surface area contributed by atoms with Crippen LogP contribution in [0.1, 0.15) is 55.7 Å². The van der Waals surface area contributed by atoms with Gasteiger partial charge < -0.3 is 20.3 Å². The highest BCUT2D eigenvalue weighted by Crippen LogP contribution is 2.42. The molecule has 1 atom stereocenters. The summed E-state index contributed by atoms with van der Waals surface area (Å²) in [7, 11) is 1.56. The average Bonchev–Trinajstić information content (AvgIpc) is 3.92. The van der Waals surface area contributed by atoms with Crippen LogP contribution in [0.5, 0.6) is 5.75 Å². The lowest BCUT2D eigenvalue weighted by Gasteiger charge is -2.40. The summed E-state index contributed by atoms with van der Waals surface area (Å²) in [5, 5.41) is 7.49. The number of nitrogens with zero attached hydrogens (tertiary/aromatic N) is 6. The van der Waals surface area contributed by atoms with Crippen molar-refractivity contribution in [1.29, 1.82) is 0 Å². The molecule has 4 fully saturated rings. The van der Waals surface area contributed by atoms with Crippen LogP contribution in [0, 0.1) is 5.82 Å². The minimum Gasteiger partial charge on any atom is -0.494 e. The second-order valence-electron chi connectivity index (χ2n) is 13.7. The van der Waals surface area contributed by atoms with Crippen molar-refractivity contribution in [2.45, 2.75) is 62.8 Å². The first kappa shape index (κ1) is 35.9. The van der Waals surface area contributed by atoms with Gasteiger partial charge in [0.15, 0.2) is 5.82 Å². The highest BCUT2D eigenvalue weighted by molar-refractivity contribution is 6.02. The number of hydrogen-bond acceptors (Lipinski definition) is 10. The lowest BCUT2D eigenvalue weighted by molar-refractivity contribution is -0.140. The van der Waals surface area contributed by atoms with Crippen molar-refractivity contribution in [1.82, 2.24) is 19.8 Å². The Morgan fingerprint density at radius 1 is 0.962 bits per heavy atom. The molecule has 1 saturated carbocycles. The first-order valence-corrected chi connectivity index (χ1v) is 17.9. The zero-order valence-electron chi connectivity index (χ0n) is 29.2. The standard InChI is InChI=1S/C37H44F4N8O3/c1-3-35(50)45-28-20-29(32(51-2)21-31(28)48-15-10-25(11-16-48)47-14-5-13-46(17-18-47)24-8-9-24)44-33-22-34(43-23-42-33)49-30(12-19-52-49)26-6-4-7-27(36(26)38)37(39,40)41/h3-4,6-7,20-25,30H,1,5,8-19H2,2H3,(H,45,50)(H,42,43,44)/t30-/m1/s1. The third-order valence-electron chi connectivity index (χ3n) is 10.4. The van der Waals surface area contributed by atoms with E-state index in [1.165, 1.54) is 55.4 Å². The summed E-state index contributed by atoms with van der Waals surface area (Å²) in [6.45, 7) is 9.98. The number of carbonyl (C=O) groups is 1. The molecule has 3 aliphatic heterocycles. The summed E-state index contributed by atoms with van der Waals surface area (Å²) in [6.07, 6.45) is 3.80. The van der Waals surface area contributed by atoms with E-state index in [2.05, 4.69) is 41.9 Å². The maximum absolute atomic E-state index is 15.1. The number of hydrogen-bond donors (Lipinski definition) is 2. The van der Waals surface area contributed by atoms with Gasteiger partial charge >= 0.3 is 6.18 Å². The third kappa shape index (κ3) is 7.81. The number of carbonyl (C=O) groups excluding carboxylic acids is 1. The molecule has 0 bridgehead atoms. The highest BCUT2D eigenvalue weighted by atomic mass is 19.4. The van der Waals surface area contributed by atoms with Crippen LogP contribution in [0.2, 0.25) is 0 Å². The molecular weight excluding hydrogens is 680 g/mol. The van der Waals surface area contributed by atoms with E-state index in [-0.39, 0.29) is 30.3 Å². The largest absolute Gasteiger partial charge is 0.494 e. The van der Waals surface area contributed by atoms with Crippen LogP contribution in [0.15, 0.2) is 55.4 Å². The van der Waals surface area contributed by atoms with E-state index in [0.29, 0.717) is 29.0 Å². The number of alkyl halides is 3. The summed E-state index contributed by atoms with van der Waals surface area (Å²) in [4.78, 5) is 34.6. The molecule has 2 aromatic carbocycles. The van der Waals surface area contributed by atoms with Gasteiger partial charge in [-0.2, -0.15) is 13.2 Å². The van der Waals surface area contributed by atoms with Gasteiger partial charge in [0.05, 0.1) is 42.4 Å². The van der Waals surface area contributed by atoms with Crippen molar-refractivity contribution in [3.05, 3.63) is 72.3 Å². The highest BCUT2D eigenvalue weighted by Gasteiger charge is 2.39. The van der Waals surface area contributed by atoms with Crippen molar-refractivity contribution in [3.8, 4) is 5.75 Å². The molecule has 52 heavy (non-hydrogen) atoms. The number of halogens is 4. The van der Waals surface area contributed by atoms with E-state index in [1.807, 2.05) is 6.07 Å². The smallest absolute Gasteiger partial charge is 0.419 e. The molecule has 7 rings (SSSR count). The number of benzene rings is 2. The molecule has 1 amide bonds. The number of anilines is 5. The molecule has 4 heterocycles.